The minimum atomic E-state index is -0.812. The van der Waals surface area contributed by atoms with E-state index < -0.39 is 5.97 Å². The summed E-state index contributed by atoms with van der Waals surface area (Å²) in [4.78, 5) is 11.2. The highest BCUT2D eigenvalue weighted by Gasteiger charge is 2.04. The van der Waals surface area contributed by atoms with Gasteiger partial charge >= 0.3 is 5.97 Å². The Hall–Kier alpha value is -1.47. The minimum Gasteiger partial charge on any atom is -0.481 e. The number of nitriles is 1. The molecule has 0 aliphatic carbocycles. The average molecular weight is 221 g/mol. The van der Waals surface area contributed by atoms with Gasteiger partial charge < -0.3 is 5.11 Å². The molecule has 0 spiro atoms. The molecule has 1 N–H and O–H groups in total. The van der Waals surface area contributed by atoms with Crippen LogP contribution in [0.1, 0.15) is 17.5 Å². The normalized spacial score (nSPS) is 9.60. The maximum atomic E-state index is 10.3. The van der Waals surface area contributed by atoms with E-state index in [9.17, 15) is 4.79 Å². The van der Waals surface area contributed by atoms with E-state index in [1.807, 2.05) is 25.1 Å². The molecule has 0 saturated carbocycles. The van der Waals surface area contributed by atoms with Gasteiger partial charge in [0.25, 0.3) is 0 Å². The van der Waals surface area contributed by atoms with Gasteiger partial charge in [-0.1, -0.05) is 6.07 Å². The van der Waals surface area contributed by atoms with Crippen molar-refractivity contribution >= 4 is 17.7 Å². The van der Waals surface area contributed by atoms with Gasteiger partial charge in [-0.2, -0.15) is 5.26 Å². The van der Waals surface area contributed by atoms with Gasteiger partial charge in [0.15, 0.2) is 0 Å². The second-order valence-electron chi connectivity index (χ2n) is 3.10. The molecule has 15 heavy (non-hydrogen) atoms. The quantitative estimate of drug-likeness (QED) is 0.793. The topological polar surface area (TPSA) is 61.1 Å². The molecule has 0 aliphatic rings. The van der Waals surface area contributed by atoms with Crippen LogP contribution in [0.5, 0.6) is 0 Å². The Morgan fingerprint density at radius 1 is 1.60 bits per heavy atom. The van der Waals surface area contributed by atoms with Crippen molar-refractivity contribution in [3.05, 3.63) is 29.3 Å². The average Bonchev–Trinajstić information content (AvgIpc) is 2.19. The van der Waals surface area contributed by atoms with Crippen molar-refractivity contribution in [3.63, 3.8) is 0 Å². The predicted octanol–water partition coefficient (Wildman–Crippen LogP) is 2.43. The Bertz CT molecular complexity index is 410. The lowest BCUT2D eigenvalue weighted by molar-refractivity contribution is -0.136. The van der Waals surface area contributed by atoms with E-state index in [0.717, 1.165) is 10.5 Å². The molecule has 4 heteroatoms. The zero-order chi connectivity index (χ0) is 11.3. The van der Waals surface area contributed by atoms with Crippen molar-refractivity contribution in [1.82, 2.24) is 0 Å². The molecule has 0 unspecified atom stereocenters. The highest BCUT2D eigenvalue weighted by Crippen LogP contribution is 2.23. The van der Waals surface area contributed by atoms with Crippen LogP contribution in [-0.2, 0) is 4.79 Å². The minimum absolute atomic E-state index is 0.114. The van der Waals surface area contributed by atoms with Crippen LogP contribution in [0.25, 0.3) is 0 Å². The third-order valence-corrected chi connectivity index (χ3v) is 2.90. The third-order valence-electron chi connectivity index (χ3n) is 1.83. The van der Waals surface area contributed by atoms with E-state index >= 15 is 0 Å². The monoisotopic (exact) mass is 221 g/mol. The summed E-state index contributed by atoms with van der Waals surface area (Å²) >= 11 is 1.41. The molecule has 1 aromatic carbocycles. The molecule has 3 nitrogen and oxygen atoms in total. The smallest absolute Gasteiger partial charge is 0.304 e. The number of aryl methyl sites for hydroxylation is 1. The second-order valence-corrected chi connectivity index (χ2v) is 4.24. The summed E-state index contributed by atoms with van der Waals surface area (Å²) in [5.41, 5.74) is 1.65. The van der Waals surface area contributed by atoms with Crippen molar-refractivity contribution in [1.29, 1.82) is 5.26 Å². The lowest BCUT2D eigenvalue weighted by Gasteiger charge is -2.03. The fourth-order valence-electron chi connectivity index (χ4n) is 1.11. The van der Waals surface area contributed by atoms with Gasteiger partial charge in [0.2, 0.25) is 0 Å². The van der Waals surface area contributed by atoms with E-state index in [4.69, 9.17) is 10.4 Å². The number of thioether (sulfide) groups is 1. The number of benzene rings is 1. The van der Waals surface area contributed by atoms with Crippen LogP contribution in [0.2, 0.25) is 0 Å². The van der Waals surface area contributed by atoms with Crippen LogP contribution in [0.15, 0.2) is 23.1 Å². The molecule has 0 amide bonds. The van der Waals surface area contributed by atoms with Gasteiger partial charge in [-0.25, -0.2) is 0 Å². The fourth-order valence-corrected chi connectivity index (χ4v) is 2.03. The van der Waals surface area contributed by atoms with Crippen LogP contribution in [0.4, 0.5) is 0 Å². The summed E-state index contributed by atoms with van der Waals surface area (Å²) < 4.78 is 0. The lowest BCUT2D eigenvalue weighted by atomic mass is 10.2. The van der Waals surface area contributed by atoms with Gasteiger partial charge in [-0.05, 0) is 24.6 Å². The van der Waals surface area contributed by atoms with Gasteiger partial charge in [-0.15, -0.1) is 11.8 Å². The third kappa shape index (κ3) is 3.64. The maximum absolute atomic E-state index is 10.3. The number of carboxylic acids is 1. The number of rotatable bonds is 4. The van der Waals surface area contributed by atoms with Crippen molar-refractivity contribution in [3.8, 4) is 6.07 Å². The molecular weight excluding hydrogens is 210 g/mol. The molecule has 1 aromatic rings. The summed E-state index contributed by atoms with van der Waals surface area (Å²) in [5, 5.41) is 17.4. The van der Waals surface area contributed by atoms with Crippen LogP contribution in [0.3, 0.4) is 0 Å². The molecule has 1 rings (SSSR count). The van der Waals surface area contributed by atoms with Crippen LogP contribution < -0.4 is 0 Å². The molecule has 0 bridgehead atoms. The standard InChI is InChI=1S/C11H11NO2S/c1-8-2-3-10(9(6-8)7-12)15-5-4-11(13)14/h2-3,6H,4-5H2,1H3,(H,13,14). The molecule has 0 atom stereocenters. The summed E-state index contributed by atoms with van der Waals surface area (Å²) in [6, 6.07) is 7.70. The SMILES string of the molecule is Cc1ccc(SCCC(=O)O)c(C#N)c1. The molecule has 0 saturated heterocycles. The maximum Gasteiger partial charge on any atom is 0.304 e. The van der Waals surface area contributed by atoms with E-state index in [1.165, 1.54) is 11.8 Å². The number of aliphatic carboxylic acids is 1. The predicted molar refractivity (Wildman–Crippen MR) is 58.9 cm³/mol. The van der Waals surface area contributed by atoms with Crippen molar-refractivity contribution in [2.75, 3.05) is 5.75 Å². The first-order chi connectivity index (χ1) is 7.13. The van der Waals surface area contributed by atoms with Gasteiger partial charge in [-0.3, -0.25) is 4.79 Å². The first-order valence-electron chi connectivity index (χ1n) is 4.49. The molecule has 0 heterocycles. The Morgan fingerprint density at radius 3 is 2.93 bits per heavy atom. The summed E-state index contributed by atoms with van der Waals surface area (Å²) in [7, 11) is 0. The molecule has 0 aromatic heterocycles. The van der Waals surface area contributed by atoms with Crippen LogP contribution in [-0.4, -0.2) is 16.8 Å². The Balaban J connectivity index is 2.69. The van der Waals surface area contributed by atoms with Gasteiger partial charge in [0.05, 0.1) is 12.0 Å². The Morgan fingerprint density at radius 2 is 2.33 bits per heavy atom. The van der Waals surface area contributed by atoms with E-state index in [2.05, 4.69) is 6.07 Å². The fraction of sp³-hybridized carbons (Fsp3) is 0.273. The van der Waals surface area contributed by atoms with E-state index in [-0.39, 0.29) is 6.42 Å². The highest BCUT2D eigenvalue weighted by molar-refractivity contribution is 7.99. The van der Waals surface area contributed by atoms with Gasteiger partial charge in [0, 0.05) is 10.6 Å². The lowest BCUT2D eigenvalue weighted by Crippen LogP contribution is -1.96. The molecule has 0 radical (unpaired) electrons. The van der Waals surface area contributed by atoms with Gasteiger partial charge in [0.1, 0.15) is 6.07 Å². The van der Waals surface area contributed by atoms with E-state index in [1.54, 1.807) is 0 Å². The molecule has 78 valence electrons. The largest absolute Gasteiger partial charge is 0.481 e. The van der Waals surface area contributed by atoms with Crippen LogP contribution in [0, 0.1) is 18.3 Å². The second kappa shape index (κ2) is 5.42. The summed E-state index contributed by atoms with van der Waals surface area (Å²) in [6.45, 7) is 1.92. The van der Waals surface area contributed by atoms with E-state index in [0.29, 0.717) is 11.3 Å². The molecule has 0 fully saturated rings. The van der Waals surface area contributed by atoms with Crippen molar-refractivity contribution in [2.24, 2.45) is 0 Å². The Kier molecular flexibility index (Phi) is 4.19. The van der Waals surface area contributed by atoms with Crippen LogP contribution >= 0.6 is 11.8 Å². The number of carbonyl (C=O) groups is 1. The highest BCUT2D eigenvalue weighted by atomic mass is 32.2. The number of nitrogens with zero attached hydrogens (tertiary/aromatic N) is 1. The zero-order valence-corrected chi connectivity index (χ0v) is 9.17. The first-order valence-corrected chi connectivity index (χ1v) is 5.47. The van der Waals surface area contributed by atoms with Crippen molar-refractivity contribution < 1.29 is 9.90 Å². The van der Waals surface area contributed by atoms with Crippen molar-refractivity contribution in [2.45, 2.75) is 18.2 Å². The number of hydrogen-bond donors (Lipinski definition) is 1. The summed E-state index contributed by atoms with van der Waals surface area (Å²) in [5.74, 6) is -0.319. The first kappa shape index (κ1) is 11.6. The zero-order valence-electron chi connectivity index (χ0n) is 8.36. The Labute approximate surface area is 92.7 Å². The number of hydrogen-bond acceptors (Lipinski definition) is 3. The summed E-state index contributed by atoms with van der Waals surface area (Å²) in [6.07, 6.45) is 0.114. The molecule has 0 aliphatic heterocycles. The molecular formula is C11H11NO2S. The number of carboxylic acid groups (broad SMARTS) is 1.